The SMILES string of the molecule is Cc1ccccc1C(=O)Nc1cccc(SC(C)C(=O)Nc2cccc(C(F)(F)F)c2)c1. The Balaban J connectivity index is 1.64. The lowest BCUT2D eigenvalue weighted by Gasteiger charge is -2.14. The lowest BCUT2D eigenvalue weighted by atomic mass is 10.1. The summed E-state index contributed by atoms with van der Waals surface area (Å²) in [6.07, 6.45) is -4.48. The molecule has 32 heavy (non-hydrogen) atoms. The summed E-state index contributed by atoms with van der Waals surface area (Å²) in [5, 5.41) is 4.79. The van der Waals surface area contributed by atoms with E-state index in [-0.39, 0.29) is 11.6 Å². The Kier molecular flexibility index (Phi) is 7.25. The Morgan fingerprint density at radius 2 is 1.53 bits per heavy atom. The van der Waals surface area contributed by atoms with E-state index in [2.05, 4.69) is 10.6 Å². The van der Waals surface area contributed by atoms with Gasteiger partial charge in [0.2, 0.25) is 5.91 Å². The molecule has 3 aromatic carbocycles. The minimum atomic E-state index is -4.48. The van der Waals surface area contributed by atoms with E-state index in [1.165, 1.54) is 23.9 Å². The highest BCUT2D eigenvalue weighted by Crippen LogP contribution is 2.31. The highest BCUT2D eigenvalue weighted by atomic mass is 32.2. The number of rotatable bonds is 6. The van der Waals surface area contributed by atoms with E-state index in [0.29, 0.717) is 11.3 Å². The van der Waals surface area contributed by atoms with Crippen molar-refractivity contribution >= 4 is 35.0 Å². The molecule has 0 radical (unpaired) electrons. The monoisotopic (exact) mass is 458 g/mol. The van der Waals surface area contributed by atoms with E-state index in [1.54, 1.807) is 43.3 Å². The third-order valence-corrected chi connectivity index (χ3v) is 5.71. The van der Waals surface area contributed by atoms with E-state index < -0.39 is 22.9 Å². The van der Waals surface area contributed by atoms with Crippen LogP contribution < -0.4 is 10.6 Å². The molecule has 0 aliphatic carbocycles. The van der Waals surface area contributed by atoms with Crippen LogP contribution in [0.2, 0.25) is 0 Å². The van der Waals surface area contributed by atoms with Gasteiger partial charge in [0.15, 0.2) is 0 Å². The smallest absolute Gasteiger partial charge is 0.325 e. The predicted octanol–water partition coefficient (Wildman–Crippen LogP) is 6.39. The van der Waals surface area contributed by atoms with Crippen LogP contribution in [0.1, 0.15) is 28.4 Å². The molecule has 0 spiro atoms. The molecular weight excluding hydrogens is 437 g/mol. The molecule has 0 saturated carbocycles. The van der Waals surface area contributed by atoms with Crippen LogP contribution in [-0.4, -0.2) is 17.1 Å². The van der Waals surface area contributed by atoms with Gasteiger partial charge in [0.05, 0.1) is 10.8 Å². The number of nitrogens with one attached hydrogen (secondary N) is 2. The van der Waals surface area contributed by atoms with Crippen LogP contribution in [0.4, 0.5) is 24.5 Å². The van der Waals surface area contributed by atoms with Crippen molar-refractivity contribution in [2.75, 3.05) is 10.6 Å². The zero-order valence-electron chi connectivity index (χ0n) is 17.4. The molecule has 0 aliphatic heterocycles. The third-order valence-electron chi connectivity index (χ3n) is 4.62. The summed E-state index contributed by atoms with van der Waals surface area (Å²) >= 11 is 1.24. The summed E-state index contributed by atoms with van der Waals surface area (Å²) in [6.45, 7) is 3.51. The van der Waals surface area contributed by atoms with Crippen LogP contribution in [0.25, 0.3) is 0 Å². The van der Waals surface area contributed by atoms with E-state index in [9.17, 15) is 22.8 Å². The van der Waals surface area contributed by atoms with Crippen molar-refractivity contribution in [1.29, 1.82) is 0 Å². The molecule has 0 saturated heterocycles. The average Bonchev–Trinajstić information content (AvgIpc) is 2.74. The summed E-state index contributed by atoms with van der Waals surface area (Å²) < 4.78 is 38.6. The molecule has 0 aliphatic rings. The van der Waals surface area contributed by atoms with Crippen molar-refractivity contribution in [3.8, 4) is 0 Å². The van der Waals surface area contributed by atoms with Crippen LogP contribution in [-0.2, 0) is 11.0 Å². The van der Waals surface area contributed by atoms with E-state index in [1.807, 2.05) is 19.1 Å². The molecule has 0 aromatic heterocycles. The Bertz CT molecular complexity index is 1130. The fourth-order valence-electron chi connectivity index (χ4n) is 2.95. The number of amides is 2. The second kappa shape index (κ2) is 9.91. The van der Waals surface area contributed by atoms with Gasteiger partial charge in [-0.25, -0.2) is 0 Å². The number of carbonyl (C=O) groups is 2. The molecule has 8 heteroatoms. The first-order chi connectivity index (χ1) is 15.1. The average molecular weight is 459 g/mol. The van der Waals surface area contributed by atoms with Gasteiger partial charge >= 0.3 is 6.18 Å². The number of anilines is 2. The van der Waals surface area contributed by atoms with Crippen LogP contribution in [0.3, 0.4) is 0 Å². The number of aryl methyl sites for hydroxylation is 1. The van der Waals surface area contributed by atoms with Gasteiger partial charge in [0, 0.05) is 21.8 Å². The number of alkyl halides is 3. The van der Waals surface area contributed by atoms with Gasteiger partial charge in [-0.1, -0.05) is 30.3 Å². The fraction of sp³-hybridized carbons (Fsp3) is 0.167. The topological polar surface area (TPSA) is 58.2 Å². The van der Waals surface area contributed by atoms with Gasteiger partial charge in [-0.05, 0) is 61.9 Å². The van der Waals surface area contributed by atoms with Gasteiger partial charge in [-0.2, -0.15) is 13.2 Å². The van der Waals surface area contributed by atoms with Gasteiger partial charge in [0.25, 0.3) is 5.91 Å². The highest BCUT2D eigenvalue weighted by molar-refractivity contribution is 8.00. The first kappa shape index (κ1) is 23.4. The minimum Gasteiger partial charge on any atom is -0.325 e. The molecule has 3 rings (SSSR count). The number of hydrogen-bond donors (Lipinski definition) is 2. The van der Waals surface area contributed by atoms with Gasteiger partial charge in [-0.3, -0.25) is 9.59 Å². The van der Waals surface area contributed by atoms with Gasteiger partial charge in [-0.15, -0.1) is 11.8 Å². The van der Waals surface area contributed by atoms with Gasteiger partial charge in [0.1, 0.15) is 0 Å². The van der Waals surface area contributed by atoms with Crippen molar-refractivity contribution in [3.63, 3.8) is 0 Å². The molecule has 1 unspecified atom stereocenters. The Labute approximate surface area is 188 Å². The summed E-state index contributed by atoms with van der Waals surface area (Å²) in [6, 6.07) is 18.8. The normalized spacial score (nSPS) is 12.2. The Morgan fingerprint density at radius 1 is 0.875 bits per heavy atom. The molecule has 0 fully saturated rings. The number of benzene rings is 3. The highest BCUT2D eigenvalue weighted by Gasteiger charge is 2.30. The van der Waals surface area contributed by atoms with Crippen molar-refractivity contribution in [3.05, 3.63) is 89.5 Å². The summed E-state index contributed by atoms with van der Waals surface area (Å²) in [4.78, 5) is 25.7. The molecule has 2 amide bonds. The number of thioether (sulfide) groups is 1. The second-order valence-corrected chi connectivity index (χ2v) is 8.54. The maximum Gasteiger partial charge on any atom is 0.416 e. The third kappa shape index (κ3) is 6.13. The number of hydrogen-bond acceptors (Lipinski definition) is 3. The zero-order chi connectivity index (χ0) is 23.3. The summed E-state index contributed by atoms with van der Waals surface area (Å²) in [5.74, 6) is -0.663. The molecule has 0 bridgehead atoms. The summed E-state index contributed by atoms with van der Waals surface area (Å²) in [7, 11) is 0. The lowest BCUT2D eigenvalue weighted by molar-refractivity contribution is -0.137. The van der Waals surface area contributed by atoms with Gasteiger partial charge < -0.3 is 10.6 Å². The Hall–Kier alpha value is -3.26. The first-order valence-electron chi connectivity index (χ1n) is 9.75. The maximum atomic E-state index is 12.9. The summed E-state index contributed by atoms with van der Waals surface area (Å²) in [5.41, 5.74) is 1.26. The molecular formula is C24H21F3N2O2S. The molecule has 4 nitrogen and oxygen atoms in total. The van der Waals surface area contributed by atoms with Crippen LogP contribution in [0.5, 0.6) is 0 Å². The molecule has 3 aromatic rings. The van der Waals surface area contributed by atoms with Crippen molar-refractivity contribution in [2.24, 2.45) is 0 Å². The van der Waals surface area contributed by atoms with E-state index >= 15 is 0 Å². The molecule has 166 valence electrons. The quantitative estimate of drug-likeness (QED) is 0.421. The van der Waals surface area contributed by atoms with Crippen molar-refractivity contribution < 1.29 is 22.8 Å². The molecule has 0 heterocycles. The van der Waals surface area contributed by atoms with Crippen LogP contribution in [0.15, 0.2) is 77.7 Å². The van der Waals surface area contributed by atoms with Crippen LogP contribution in [0, 0.1) is 6.92 Å². The second-order valence-electron chi connectivity index (χ2n) is 7.12. The van der Waals surface area contributed by atoms with E-state index in [0.717, 1.165) is 22.6 Å². The zero-order valence-corrected chi connectivity index (χ0v) is 18.2. The largest absolute Gasteiger partial charge is 0.416 e. The van der Waals surface area contributed by atoms with Crippen LogP contribution >= 0.6 is 11.8 Å². The van der Waals surface area contributed by atoms with Crippen molar-refractivity contribution in [2.45, 2.75) is 30.2 Å². The maximum absolute atomic E-state index is 12.9. The number of carbonyl (C=O) groups excluding carboxylic acids is 2. The first-order valence-corrected chi connectivity index (χ1v) is 10.6. The van der Waals surface area contributed by atoms with Crippen molar-refractivity contribution in [1.82, 2.24) is 0 Å². The Morgan fingerprint density at radius 3 is 2.22 bits per heavy atom. The number of halogens is 3. The van der Waals surface area contributed by atoms with E-state index in [4.69, 9.17) is 0 Å². The standard InChI is InChI=1S/C24H21F3N2O2S/c1-15-7-3-4-12-21(15)23(31)29-19-10-6-11-20(14-19)32-16(2)22(30)28-18-9-5-8-17(13-18)24(25,26)27/h3-14,16H,1-2H3,(H,28,30)(H,29,31). The fourth-order valence-corrected chi connectivity index (χ4v) is 3.87. The minimum absolute atomic E-state index is 0.0801. The molecule has 1 atom stereocenters. The molecule has 2 N–H and O–H groups in total. The predicted molar refractivity (Wildman–Crippen MR) is 121 cm³/mol. The lowest BCUT2D eigenvalue weighted by Crippen LogP contribution is -2.22.